The molecule has 3 aromatic heterocycles. The van der Waals surface area contributed by atoms with E-state index in [1.165, 1.54) is 0 Å². The van der Waals surface area contributed by atoms with Gasteiger partial charge in [0.1, 0.15) is 5.60 Å². The number of hydrogen-bond acceptors (Lipinski definition) is 6. The van der Waals surface area contributed by atoms with E-state index in [1.54, 1.807) is 11.3 Å². The highest BCUT2D eigenvalue weighted by atomic mass is 32.1. The number of anilines is 2. The summed E-state index contributed by atoms with van der Waals surface area (Å²) in [5.41, 5.74) is 1.31. The van der Waals surface area contributed by atoms with Crippen molar-refractivity contribution in [3.63, 3.8) is 0 Å². The van der Waals surface area contributed by atoms with Gasteiger partial charge in [-0.2, -0.15) is 0 Å². The Morgan fingerprint density at radius 2 is 2.17 bits per heavy atom. The molecule has 8 heteroatoms. The van der Waals surface area contributed by atoms with Crippen LogP contribution in [0.1, 0.15) is 56.6 Å². The zero-order chi connectivity index (χ0) is 20.6. The van der Waals surface area contributed by atoms with Gasteiger partial charge in [0.15, 0.2) is 10.9 Å². The van der Waals surface area contributed by atoms with Crippen LogP contribution in [-0.2, 0) is 4.74 Å². The maximum atomic E-state index is 12.8. The molecule has 0 saturated carbocycles. The molecule has 1 atom stereocenters. The smallest absolute Gasteiger partial charge is 0.410 e. The van der Waals surface area contributed by atoms with Crippen LogP contribution < -0.4 is 5.32 Å². The molecule has 0 radical (unpaired) electrons. The Morgan fingerprint density at radius 3 is 2.90 bits per heavy atom. The van der Waals surface area contributed by atoms with Crippen LogP contribution in [0.2, 0.25) is 0 Å². The fourth-order valence-electron chi connectivity index (χ4n) is 3.61. The highest BCUT2D eigenvalue weighted by molar-refractivity contribution is 7.15. The summed E-state index contributed by atoms with van der Waals surface area (Å²) < 4.78 is 7.71. The molecule has 1 aliphatic heterocycles. The highest BCUT2D eigenvalue weighted by Crippen LogP contribution is 2.33. The number of fused-ring (bicyclic) bond motifs is 1. The van der Waals surface area contributed by atoms with E-state index in [0.29, 0.717) is 6.54 Å². The van der Waals surface area contributed by atoms with E-state index in [0.717, 1.165) is 46.3 Å². The third-order valence-electron chi connectivity index (χ3n) is 4.85. The number of aryl methyl sites for hydroxylation is 1. The fourth-order valence-corrected chi connectivity index (χ4v) is 4.27. The van der Waals surface area contributed by atoms with Gasteiger partial charge in [0.05, 0.1) is 17.3 Å². The first-order valence-corrected chi connectivity index (χ1v) is 10.8. The summed E-state index contributed by atoms with van der Waals surface area (Å²) in [6, 6.07) is 3.90. The molecule has 1 saturated heterocycles. The topological polar surface area (TPSA) is 71.8 Å². The molecule has 1 unspecified atom stereocenters. The molecule has 0 bridgehead atoms. The van der Waals surface area contributed by atoms with Crippen LogP contribution in [0.15, 0.2) is 30.7 Å². The largest absolute Gasteiger partial charge is 0.444 e. The van der Waals surface area contributed by atoms with Crippen molar-refractivity contribution in [2.24, 2.45) is 0 Å². The minimum Gasteiger partial charge on any atom is -0.444 e. The third kappa shape index (κ3) is 4.37. The van der Waals surface area contributed by atoms with Crippen molar-refractivity contribution in [1.29, 1.82) is 0 Å². The molecule has 4 heterocycles. The van der Waals surface area contributed by atoms with Crippen LogP contribution in [0.3, 0.4) is 0 Å². The summed E-state index contributed by atoms with van der Waals surface area (Å²) in [5.74, 6) is 0.747. The van der Waals surface area contributed by atoms with E-state index in [-0.39, 0.29) is 12.1 Å². The van der Waals surface area contributed by atoms with Gasteiger partial charge in [-0.15, -0.1) is 11.3 Å². The van der Waals surface area contributed by atoms with E-state index in [1.807, 2.05) is 67.7 Å². The number of ether oxygens (including phenoxy) is 1. The maximum Gasteiger partial charge on any atom is 0.410 e. The minimum absolute atomic E-state index is 0.107. The van der Waals surface area contributed by atoms with Gasteiger partial charge in [-0.05, 0) is 59.1 Å². The average molecular weight is 414 g/mol. The van der Waals surface area contributed by atoms with Gasteiger partial charge >= 0.3 is 6.09 Å². The lowest BCUT2D eigenvalue weighted by Crippen LogP contribution is -2.42. The first-order chi connectivity index (χ1) is 13.8. The molecule has 0 aliphatic carbocycles. The van der Waals surface area contributed by atoms with Gasteiger partial charge in [0.2, 0.25) is 0 Å². The number of hydrogen-bond donors (Lipinski definition) is 1. The lowest BCUT2D eigenvalue weighted by atomic mass is 10.00. The van der Waals surface area contributed by atoms with Crippen LogP contribution in [-0.4, -0.2) is 37.5 Å². The fraction of sp³-hybridized carbons (Fsp3) is 0.476. The second-order valence-electron chi connectivity index (χ2n) is 8.40. The Bertz CT molecular complexity index is 1020. The van der Waals surface area contributed by atoms with Gasteiger partial charge in [-0.1, -0.05) is 0 Å². The molecule has 1 fully saturated rings. The molecule has 4 rings (SSSR count). The molecular formula is C21H27N5O2S. The molecule has 0 aromatic carbocycles. The number of rotatable bonds is 3. The van der Waals surface area contributed by atoms with E-state index in [9.17, 15) is 4.79 Å². The van der Waals surface area contributed by atoms with E-state index in [4.69, 9.17) is 9.72 Å². The highest BCUT2D eigenvalue weighted by Gasteiger charge is 2.32. The van der Waals surface area contributed by atoms with Crippen LogP contribution in [0.25, 0.3) is 5.52 Å². The first-order valence-electron chi connectivity index (χ1n) is 9.97. The lowest BCUT2D eigenvalue weighted by molar-refractivity contribution is 0.00897. The van der Waals surface area contributed by atoms with Gasteiger partial charge in [0.25, 0.3) is 0 Å². The quantitative estimate of drug-likeness (QED) is 0.630. The Kier molecular flexibility index (Phi) is 5.21. The minimum atomic E-state index is -0.522. The number of piperidine rings is 1. The van der Waals surface area contributed by atoms with Crippen LogP contribution in [0.5, 0.6) is 0 Å². The van der Waals surface area contributed by atoms with Crippen molar-refractivity contribution >= 4 is 33.9 Å². The zero-order valence-corrected chi connectivity index (χ0v) is 18.1. The summed E-state index contributed by atoms with van der Waals surface area (Å²) in [7, 11) is 0. The number of nitrogens with one attached hydrogen (secondary N) is 1. The predicted octanol–water partition coefficient (Wildman–Crippen LogP) is 5.30. The monoisotopic (exact) mass is 413 g/mol. The van der Waals surface area contributed by atoms with Crippen LogP contribution >= 0.6 is 11.3 Å². The van der Waals surface area contributed by atoms with Crippen LogP contribution in [0.4, 0.5) is 15.7 Å². The van der Waals surface area contributed by atoms with Gasteiger partial charge in [0, 0.05) is 30.0 Å². The Hall–Kier alpha value is -2.61. The van der Waals surface area contributed by atoms with Crippen molar-refractivity contribution in [2.75, 3.05) is 11.9 Å². The Balaban J connectivity index is 1.69. The van der Waals surface area contributed by atoms with Crippen molar-refractivity contribution in [2.45, 2.75) is 58.6 Å². The van der Waals surface area contributed by atoms with Crippen LogP contribution in [0, 0.1) is 6.92 Å². The molecule has 29 heavy (non-hydrogen) atoms. The molecule has 1 aliphatic rings. The second-order valence-corrected chi connectivity index (χ2v) is 9.64. The Labute approximate surface area is 174 Å². The standard InChI is InChI=1S/C21H27N5O2S/c1-14-12-22-19(29-14)24-18-17-9-7-10-25(17)13-15(23-18)16-8-5-6-11-26(16)20(27)28-21(2,3)4/h7,9-10,12-13,16H,5-6,8,11H2,1-4H3,(H,22,23,24). The summed E-state index contributed by atoms with van der Waals surface area (Å²) in [6.45, 7) is 8.39. The number of aromatic nitrogens is 3. The second kappa shape index (κ2) is 7.67. The number of carbonyl (C=O) groups excluding carboxylic acids is 1. The number of likely N-dealkylation sites (tertiary alicyclic amines) is 1. The average Bonchev–Trinajstić information content (AvgIpc) is 3.29. The van der Waals surface area contributed by atoms with Crippen molar-refractivity contribution in [1.82, 2.24) is 19.3 Å². The number of nitrogens with zero attached hydrogens (tertiary/aromatic N) is 4. The van der Waals surface area contributed by atoms with Crippen molar-refractivity contribution in [3.8, 4) is 0 Å². The summed E-state index contributed by atoms with van der Waals surface area (Å²) in [6.07, 6.45) is 8.49. The molecule has 1 amide bonds. The third-order valence-corrected chi connectivity index (χ3v) is 5.68. The Morgan fingerprint density at radius 1 is 1.34 bits per heavy atom. The van der Waals surface area contributed by atoms with Crippen molar-refractivity contribution in [3.05, 3.63) is 41.3 Å². The van der Waals surface area contributed by atoms with E-state index >= 15 is 0 Å². The number of carbonyl (C=O) groups is 1. The van der Waals surface area contributed by atoms with E-state index < -0.39 is 5.60 Å². The number of thiazole rings is 1. The van der Waals surface area contributed by atoms with Gasteiger partial charge in [-0.3, -0.25) is 4.90 Å². The molecule has 154 valence electrons. The normalized spacial score (nSPS) is 17.5. The lowest BCUT2D eigenvalue weighted by Gasteiger charge is -2.36. The maximum absolute atomic E-state index is 12.8. The van der Waals surface area contributed by atoms with Gasteiger partial charge < -0.3 is 14.5 Å². The van der Waals surface area contributed by atoms with Crippen molar-refractivity contribution < 1.29 is 9.53 Å². The first kappa shape index (κ1) is 19.7. The molecule has 1 N–H and O–H groups in total. The predicted molar refractivity (Wildman–Crippen MR) is 115 cm³/mol. The van der Waals surface area contributed by atoms with E-state index in [2.05, 4.69) is 10.3 Å². The SMILES string of the molecule is Cc1cnc(Nc2nc(C3CCCCN3C(=O)OC(C)(C)C)cn3cccc23)s1. The zero-order valence-electron chi connectivity index (χ0n) is 17.3. The molecule has 7 nitrogen and oxygen atoms in total. The number of amides is 1. The summed E-state index contributed by atoms with van der Waals surface area (Å²) in [5, 5.41) is 4.16. The molecular weight excluding hydrogens is 386 g/mol. The van der Waals surface area contributed by atoms with Gasteiger partial charge in [-0.25, -0.2) is 14.8 Å². The molecule has 0 spiro atoms. The summed E-state index contributed by atoms with van der Waals surface area (Å²) in [4.78, 5) is 25.1. The summed E-state index contributed by atoms with van der Waals surface area (Å²) >= 11 is 1.59. The molecule has 3 aromatic rings.